The third kappa shape index (κ3) is 4.66. The van der Waals surface area contributed by atoms with E-state index in [9.17, 15) is 9.59 Å². The molecule has 0 aromatic heterocycles. The van der Waals surface area contributed by atoms with Gasteiger partial charge in [-0.05, 0) is 28.5 Å². The molecule has 4 rings (SSSR count). The smallest absolute Gasteiger partial charge is 0.310 e. The van der Waals surface area contributed by atoms with Gasteiger partial charge in [0.25, 0.3) is 5.91 Å². The summed E-state index contributed by atoms with van der Waals surface area (Å²) >= 11 is 0. The van der Waals surface area contributed by atoms with Gasteiger partial charge in [-0.15, -0.1) is 0 Å². The van der Waals surface area contributed by atoms with Crippen LogP contribution in [-0.2, 0) is 20.7 Å². The predicted molar refractivity (Wildman–Crippen MR) is 109 cm³/mol. The molecule has 0 spiro atoms. The molecule has 1 heterocycles. The lowest BCUT2D eigenvalue weighted by molar-refractivity contribution is -0.146. The molecule has 0 saturated heterocycles. The molecule has 148 valence electrons. The number of ether oxygens (including phenoxy) is 3. The van der Waals surface area contributed by atoms with Crippen LogP contribution in [0.5, 0.6) is 11.5 Å². The van der Waals surface area contributed by atoms with Crippen LogP contribution in [0.25, 0.3) is 10.8 Å². The number of fused-ring (bicyclic) bond motifs is 2. The predicted octanol–water partition coefficient (Wildman–Crippen LogP) is 3.73. The number of rotatable bonds is 5. The van der Waals surface area contributed by atoms with Gasteiger partial charge in [0.05, 0.1) is 19.6 Å². The fourth-order valence-electron chi connectivity index (χ4n) is 3.24. The standard InChI is InChI=1S/C23H21NO5/c25-22(24-18-9-10-20-21(14-18)28-12-4-11-27-20)15-29-23(26)13-17-7-3-6-16-5-1-2-8-19(16)17/h1-3,5-10,14H,4,11-13,15H2,(H,24,25). The molecule has 6 nitrogen and oxygen atoms in total. The number of esters is 1. The minimum atomic E-state index is -0.449. The third-order valence-corrected chi connectivity index (χ3v) is 4.61. The van der Waals surface area contributed by atoms with E-state index in [1.165, 1.54) is 0 Å². The Morgan fingerprint density at radius 2 is 1.72 bits per heavy atom. The minimum Gasteiger partial charge on any atom is -0.490 e. The molecule has 0 atom stereocenters. The second-order valence-corrected chi connectivity index (χ2v) is 6.74. The van der Waals surface area contributed by atoms with Crippen LogP contribution >= 0.6 is 0 Å². The molecular weight excluding hydrogens is 370 g/mol. The van der Waals surface area contributed by atoms with E-state index in [0.717, 1.165) is 22.8 Å². The summed E-state index contributed by atoms with van der Waals surface area (Å²) in [4.78, 5) is 24.4. The summed E-state index contributed by atoms with van der Waals surface area (Å²) in [6, 6.07) is 18.8. The van der Waals surface area contributed by atoms with Crippen molar-refractivity contribution < 1.29 is 23.8 Å². The lowest BCUT2D eigenvalue weighted by Gasteiger charge is -2.11. The lowest BCUT2D eigenvalue weighted by atomic mass is 10.0. The molecule has 0 aliphatic carbocycles. The maximum Gasteiger partial charge on any atom is 0.310 e. The molecular formula is C23H21NO5. The zero-order chi connectivity index (χ0) is 20.1. The van der Waals surface area contributed by atoms with Crippen molar-refractivity contribution in [1.82, 2.24) is 0 Å². The van der Waals surface area contributed by atoms with Crippen molar-refractivity contribution in [3.63, 3.8) is 0 Å². The average molecular weight is 391 g/mol. The molecule has 0 radical (unpaired) electrons. The van der Waals surface area contributed by atoms with E-state index in [1.807, 2.05) is 42.5 Å². The van der Waals surface area contributed by atoms with Crippen LogP contribution in [0.3, 0.4) is 0 Å². The van der Waals surface area contributed by atoms with Crippen molar-refractivity contribution in [2.45, 2.75) is 12.8 Å². The van der Waals surface area contributed by atoms with E-state index in [-0.39, 0.29) is 13.0 Å². The normalized spacial score (nSPS) is 12.8. The number of amides is 1. The summed E-state index contributed by atoms with van der Waals surface area (Å²) in [6.45, 7) is 0.819. The first-order valence-corrected chi connectivity index (χ1v) is 9.51. The maximum absolute atomic E-state index is 12.2. The number of anilines is 1. The lowest BCUT2D eigenvalue weighted by Crippen LogP contribution is -2.21. The second-order valence-electron chi connectivity index (χ2n) is 6.74. The van der Waals surface area contributed by atoms with Crippen molar-refractivity contribution in [3.8, 4) is 11.5 Å². The largest absolute Gasteiger partial charge is 0.490 e. The summed E-state index contributed by atoms with van der Waals surface area (Å²) in [5.41, 5.74) is 1.43. The number of benzene rings is 3. The highest BCUT2D eigenvalue weighted by molar-refractivity contribution is 5.94. The molecule has 0 saturated carbocycles. The van der Waals surface area contributed by atoms with Gasteiger partial charge in [0.15, 0.2) is 18.1 Å². The Balaban J connectivity index is 1.32. The Labute approximate surface area is 168 Å². The molecule has 6 heteroatoms. The van der Waals surface area contributed by atoms with Crippen molar-refractivity contribution in [1.29, 1.82) is 0 Å². The number of carbonyl (C=O) groups is 2. The van der Waals surface area contributed by atoms with Crippen molar-refractivity contribution in [2.24, 2.45) is 0 Å². The molecule has 29 heavy (non-hydrogen) atoms. The second kappa shape index (κ2) is 8.65. The average Bonchev–Trinajstić information content (AvgIpc) is 2.98. The first kappa shape index (κ1) is 18.8. The molecule has 1 aliphatic rings. The van der Waals surface area contributed by atoms with Gasteiger partial charge in [0.1, 0.15) is 0 Å². The molecule has 1 N–H and O–H groups in total. The summed E-state index contributed by atoms with van der Waals surface area (Å²) in [5.74, 6) is 0.385. The number of carbonyl (C=O) groups excluding carboxylic acids is 2. The Morgan fingerprint density at radius 3 is 2.62 bits per heavy atom. The number of hydrogen-bond acceptors (Lipinski definition) is 5. The maximum atomic E-state index is 12.2. The van der Waals surface area contributed by atoms with Crippen molar-refractivity contribution >= 4 is 28.3 Å². The van der Waals surface area contributed by atoms with E-state index >= 15 is 0 Å². The Kier molecular flexibility index (Phi) is 5.61. The topological polar surface area (TPSA) is 73.9 Å². The van der Waals surface area contributed by atoms with E-state index in [1.54, 1.807) is 18.2 Å². The van der Waals surface area contributed by atoms with Gasteiger partial charge in [-0.3, -0.25) is 9.59 Å². The quantitative estimate of drug-likeness (QED) is 0.671. The van der Waals surface area contributed by atoms with E-state index in [4.69, 9.17) is 14.2 Å². The van der Waals surface area contributed by atoms with Crippen LogP contribution in [0.4, 0.5) is 5.69 Å². The highest BCUT2D eigenvalue weighted by Crippen LogP contribution is 2.32. The van der Waals surface area contributed by atoms with E-state index in [0.29, 0.717) is 30.4 Å². The van der Waals surface area contributed by atoms with Gasteiger partial charge < -0.3 is 19.5 Å². The fourth-order valence-corrected chi connectivity index (χ4v) is 3.24. The molecule has 0 fully saturated rings. The summed E-state index contributed by atoms with van der Waals surface area (Å²) in [6.07, 6.45) is 0.918. The van der Waals surface area contributed by atoms with E-state index < -0.39 is 11.9 Å². The zero-order valence-corrected chi connectivity index (χ0v) is 15.9. The number of hydrogen-bond donors (Lipinski definition) is 1. The molecule has 3 aromatic carbocycles. The number of nitrogens with one attached hydrogen (secondary N) is 1. The fraction of sp³-hybridized carbons (Fsp3) is 0.217. The van der Waals surface area contributed by atoms with E-state index in [2.05, 4.69) is 5.32 Å². The van der Waals surface area contributed by atoms with Crippen LogP contribution in [0, 0.1) is 0 Å². The Morgan fingerprint density at radius 1 is 0.931 bits per heavy atom. The van der Waals surface area contributed by atoms with Crippen LogP contribution in [0.15, 0.2) is 60.7 Å². The highest BCUT2D eigenvalue weighted by Gasteiger charge is 2.14. The van der Waals surface area contributed by atoms with Crippen LogP contribution in [0.2, 0.25) is 0 Å². The summed E-state index contributed by atoms with van der Waals surface area (Å²) in [5, 5.41) is 4.77. The third-order valence-electron chi connectivity index (χ3n) is 4.61. The minimum absolute atomic E-state index is 0.110. The Bertz CT molecular complexity index is 1040. The first-order valence-electron chi connectivity index (χ1n) is 9.51. The van der Waals surface area contributed by atoms with Gasteiger partial charge >= 0.3 is 5.97 Å². The van der Waals surface area contributed by atoms with Crippen molar-refractivity contribution in [2.75, 3.05) is 25.1 Å². The zero-order valence-electron chi connectivity index (χ0n) is 15.9. The SMILES string of the molecule is O=C(COC(=O)Cc1cccc2ccccc12)Nc1ccc2c(c1)OCCCO2. The molecule has 1 amide bonds. The van der Waals surface area contributed by atoms with Gasteiger partial charge in [0.2, 0.25) is 0 Å². The van der Waals surface area contributed by atoms with Crippen LogP contribution in [0.1, 0.15) is 12.0 Å². The summed E-state index contributed by atoms with van der Waals surface area (Å²) < 4.78 is 16.3. The highest BCUT2D eigenvalue weighted by atomic mass is 16.5. The molecule has 3 aromatic rings. The van der Waals surface area contributed by atoms with Crippen LogP contribution in [-0.4, -0.2) is 31.7 Å². The van der Waals surface area contributed by atoms with Crippen LogP contribution < -0.4 is 14.8 Å². The molecule has 0 bridgehead atoms. The first-order chi connectivity index (χ1) is 14.2. The van der Waals surface area contributed by atoms with Gasteiger partial charge in [-0.2, -0.15) is 0 Å². The monoisotopic (exact) mass is 391 g/mol. The van der Waals surface area contributed by atoms with Gasteiger partial charge in [-0.25, -0.2) is 0 Å². The Hall–Kier alpha value is -3.54. The van der Waals surface area contributed by atoms with Gasteiger partial charge in [0, 0.05) is 18.2 Å². The van der Waals surface area contributed by atoms with Crippen molar-refractivity contribution in [3.05, 3.63) is 66.2 Å². The summed E-state index contributed by atoms with van der Waals surface area (Å²) in [7, 11) is 0. The van der Waals surface area contributed by atoms with Gasteiger partial charge in [-0.1, -0.05) is 42.5 Å². The molecule has 1 aliphatic heterocycles. The molecule has 0 unspecified atom stereocenters.